The van der Waals surface area contributed by atoms with Crippen molar-refractivity contribution in [2.45, 2.75) is 103 Å². The van der Waals surface area contributed by atoms with Gasteiger partial charge in [0.05, 0.1) is 24.9 Å². The van der Waals surface area contributed by atoms with E-state index in [0.29, 0.717) is 24.2 Å². The van der Waals surface area contributed by atoms with Crippen LogP contribution < -0.4 is 0 Å². The highest BCUT2D eigenvalue weighted by Crippen LogP contribution is 2.68. The highest BCUT2D eigenvalue weighted by Gasteiger charge is 2.65. The van der Waals surface area contributed by atoms with Crippen LogP contribution >= 0.6 is 0 Å². The lowest BCUT2D eigenvalue weighted by Gasteiger charge is -2.63. The van der Waals surface area contributed by atoms with E-state index in [4.69, 9.17) is 4.55 Å². The number of hydrogen-bond acceptors (Lipinski definition) is 7. The maximum Gasteiger partial charge on any atom is 0.397 e. The van der Waals surface area contributed by atoms with Gasteiger partial charge >= 0.3 is 10.4 Å². The Morgan fingerprint density at radius 1 is 1.00 bits per heavy atom. The van der Waals surface area contributed by atoms with Crippen molar-refractivity contribution in [2.24, 2.45) is 52.3 Å². The zero-order chi connectivity index (χ0) is 26.5. The Hall–Kier alpha value is -0.290. The Morgan fingerprint density at radius 3 is 2.39 bits per heavy atom. The van der Waals surface area contributed by atoms with Gasteiger partial charge in [-0.05, 0) is 97.7 Å². The van der Waals surface area contributed by atoms with Crippen molar-refractivity contribution < 1.29 is 37.6 Å². The topological polar surface area (TPSA) is 145 Å². The largest absolute Gasteiger partial charge is 0.397 e. The normalized spacial score (nSPS) is 46.4. The summed E-state index contributed by atoms with van der Waals surface area (Å²) in [5.41, 5.74) is -0.0696. The number of fused-ring (bicyclic) bond motifs is 5. The van der Waals surface area contributed by atoms with Gasteiger partial charge in [-0.15, -0.1) is 0 Å². The maximum atomic E-state index is 11.6. The van der Waals surface area contributed by atoms with Gasteiger partial charge in [0.2, 0.25) is 0 Å². The first-order valence-electron chi connectivity index (χ1n) is 14.1. The van der Waals surface area contributed by atoms with E-state index in [1.54, 1.807) is 0 Å². The van der Waals surface area contributed by atoms with Crippen LogP contribution in [0.4, 0.5) is 0 Å². The Bertz CT molecular complexity index is 866. The summed E-state index contributed by atoms with van der Waals surface area (Å²) in [4.78, 5) is 0. The second-order valence-electron chi connectivity index (χ2n) is 13.3. The molecule has 0 radical (unpaired) electrons. The molecule has 5 N–H and O–H groups in total. The van der Waals surface area contributed by atoms with E-state index in [0.717, 1.165) is 57.8 Å². The van der Waals surface area contributed by atoms with Gasteiger partial charge in [0.1, 0.15) is 0 Å². The van der Waals surface area contributed by atoms with Crippen LogP contribution in [0, 0.1) is 52.3 Å². The van der Waals surface area contributed by atoms with Gasteiger partial charge in [0.25, 0.3) is 0 Å². The average molecular weight is 533 g/mol. The summed E-state index contributed by atoms with van der Waals surface area (Å²) in [6, 6.07) is 0. The molecule has 36 heavy (non-hydrogen) atoms. The molecule has 4 aliphatic carbocycles. The molecule has 9 heteroatoms. The Labute approximate surface area is 216 Å². The standard InChI is InChI=1S/C27H48O8S/c1-16(5-4-6-17(14-28)15-35-36(32,33)34)20-7-8-21-24-22(30)12-18-11-19(29)9-10-26(18,2)25(24)23(31)13-27(20,21)3/h16-25,28-31H,4-15H2,1-3H3,(H,32,33,34)/t16-,17+,18+,19-,20-,21+,22-,23-,24-,25+,26+,27-/m1/s1. The lowest BCUT2D eigenvalue weighted by atomic mass is 9.43. The van der Waals surface area contributed by atoms with E-state index < -0.39 is 22.6 Å². The summed E-state index contributed by atoms with van der Waals surface area (Å²) >= 11 is 0. The molecule has 0 aromatic heterocycles. The van der Waals surface area contributed by atoms with Crippen molar-refractivity contribution >= 4 is 10.4 Å². The van der Waals surface area contributed by atoms with E-state index in [2.05, 4.69) is 25.0 Å². The lowest BCUT2D eigenvalue weighted by molar-refractivity contribution is -0.213. The third kappa shape index (κ3) is 5.40. The molecular formula is C27H48O8S. The minimum absolute atomic E-state index is 0.0308. The summed E-state index contributed by atoms with van der Waals surface area (Å²) < 4.78 is 34.9. The minimum Gasteiger partial charge on any atom is -0.396 e. The van der Waals surface area contributed by atoms with Crippen LogP contribution in [-0.2, 0) is 14.6 Å². The van der Waals surface area contributed by atoms with E-state index in [1.165, 1.54) is 0 Å². The number of aliphatic hydroxyl groups is 4. The predicted molar refractivity (Wildman–Crippen MR) is 135 cm³/mol. The van der Waals surface area contributed by atoms with Crippen molar-refractivity contribution in [1.29, 1.82) is 0 Å². The molecule has 0 amide bonds. The van der Waals surface area contributed by atoms with E-state index >= 15 is 0 Å². The third-order valence-electron chi connectivity index (χ3n) is 11.3. The second kappa shape index (κ2) is 10.7. The van der Waals surface area contributed by atoms with Crippen molar-refractivity contribution in [3.63, 3.8) is 0 Å². The average Bonchev–Trinajstić information content (AvgIpc) is 3.12. The predicted octanol–water partition coefficient (Wildman–Crippen LogP) is 3.18. The summed E-state index contributed by atoms with van der Waals surface area (Å²) in [5.74, 6) is 1.32. The molecule has 0 spiro atoms. The zero-order valence-corrected chi connectivity index (χ0v) is 22.9. The molecule has 0 bridgehead atoms. The van der Waals surface area contributed by atoms with Gasteiger partial charge in [-0.1, -0.05) is 33.6 Å². The first-order chi connectivity index (χ1) is 16.8. The summed E-state index contributed by atoms with van der Waals surface area (Å²) in [6.45, 7) is 6.47. The summed E-state index contributed by atoms with van der Waals surface area (Å²) in [7, 11) is -4.51. The highest BCUT2D eigenvalue weighted by molar-refractivity contribution is 7.80. The van der Waals surface area contributed by atoms with Crippen LogP contribution in [-0.4, -0.2) is 64.9 Å². The molecule has 12 atom stereocenters. The van der Waals surface area contributed by atoms with Gasteiger partial charge in [0, 0.05) is 12.5 Å². The fraction of sp³-hybridized carbons (Fsp3) is 1.00. The fourth-order valence-electron chi connectivity index (χ4n) is 9.62. The van der Waals surface area contributed by atoms with Crippen LogP contribution in [0.25, 0.3) is 0 Å². The number of aliphatic hydroxyl groups excluding tert-OH is 4. The first kappa shape index (κ1) is 28.7. The van der Waals surface area contributed by atoms with Crippen molar-refractivity contribution in [3.8, 4) is 0 Å². The molecule has 4 saturated carbocycles. The molecular weight excluding hydrogens is 484 g/mol. The highest BCUT2D eigenvalue weighted by atomic mass is 32.3. The summed E-state index contributed by atoms with van der Waals surface area (Å²) in [6.07, 6.45) is 7.26. The quantitative estimate of drug-likeness (QED) is 0.285. The van der Waals surface area contributed by atoms with Gasteiger partial charge in [-0.25, -0.2) is 4.18 Å². The van der Waals surface area contributed by atoms with E-state index in [9.17, 15) is 28.8 Å². The van der Waals surface area contributed by atoms with Gasteiger partial charge in [-0.3, -0.25) is 4.55 Å². The van der Waals surface area contributed by atoms with E-state index in [-0.39, 0.29) is 53.8 Å². The molecule has 4 rings (SSSR count). The third-order valence-corrected chi connectivity index (χ3v) is 11.8. The van der Waals surface area contributed by atoms with Crippen LogP contribution in [0.1, 0.15) is 85.0 Å². The Balaban J connectivity index is 1.42. The summed E-state index contributed by atoms with van der Waals surface area (Å²) in [5, 5.41) is 42.9. The molecule has 0 unspecified atom stereocenters. The number of rotatable bonds is 9. The Kier molecular flexibility index (Phi) is 8.53. The van der Waals surface area contributed by atoms with Crippen LogP contribution in [0.3, 0.4) is 0 Å². The van der Waals surface area contributed by atoms with Gasteiger partial charge < -0.3 is 20.4 Å². The SMILES string of the molecule is C[C@H](CCC[C@@H](CO)COS(=O)(=O)O)[C@H]1CC[C@H]2[C@H]3[C@H]([C@H](O)C[C@]12C)[C@@]1(C)CC[C@@H](O)C[C@H]1C[C@H]3O. The minimum atomic E-state index is -4.51. The molecule has 4 fully saturated rings. The van der Waals surface area contributed by atoms with Crippen molar-refractivity contribution in [3.05, 3.63) is 0 Å². The molecule has 4 aliphatic rings. The maximum absolute atomic E-state index is 11.6. The number of hydrogen-bond donors (Lipinski definition) is 5. The lowest BCUT2D eigenvalue weighted by Crippen LogP contribution is -2.63. The van der Waals surface area contributed by atoms with Gasteiger partial charge in [-0.2, -0.15) is 8.42 Å². The van der Waals surface area contributed by atoms with Crippen molar-refractivity contribution in [2.75, 3.05) is 13.2 Å². The van der Waals surface area contributed by atoms with Crippen LogP contribution in [0.2, 0.25) is 0 Å². The molecule has 0 aliphatic heterocycles. The molecule has 0 aromatic carbocycles. The molecule has 0 saturated heterocycles. The molecule has 8 nitrogen and oxygen atoms in total. The fourth-order valence-corrected chi connectivity index (χ4v) is 9.99. The monoisotopic (exact) mass is 532 g/mol. The van der Waals surface area contributed by atoms with Gasteiger partial charge in [0.15, 0.2) is 0 Å². The van der Waals surface area contributed by atoms with E-state index in [1.807, 2.05) is 0 Å². The first-order valence-corrected chi connectivity index (χ1v) is 15.4. The van der Waals surface area contributed by atoms with Crippen molar-refractivity contribution in [1.82, 2.24) is 0 Å². The molecule has 0 heterocycles. The molecule has 210 valence electrons. The smallest absolute Gasteiger partial charge is 0.396 e. The second-order valence-corrected chi connectivity index (χ2v) is 14.4. The molecule has 0 aromatic rings. The Morgan fingerprint density at radius 2 is 1.72 bits per heavy atom. The zero-order valence-electron chi connectivity index (χ0n) is 22.1. The van der Waals surface area contributed by atoms with Crippen LogP contribution in [0.5, 0.6) is 0 Å². The van der Waals surface area contributed by atoms with Crippen LogP contribution in [0.15, 0.2) is 0 Å².